The van der Waals surface area contributed by atoms with E-state index in [2.05, 4.69) is 0 Å². The fraction of sp³-hybridized carbons (Fsp3) is 0.222. The zero-order valence-corrected chi connectivity index (χ0v) is 9.14. The Labute approximate surface area is 92.4 Å². The lowest BCUT2D eigenvalue weighted by molar-refractivity contribution is 0.216. The van der Waals surface area contributed by atoms with Gasteiger partial charge in [0.25, 0.3) is 0 Å². The lowest BCUT2D eigenvalue weighted by Crippen LogP contribution is -2.31. The van der Waals surface area contributed by atoms with Gasteiger partial charge in [0.1, 0.15) is 0 Å². The maximum Gasteiger partial charge on any atom is 0.314 e. The van der Waals surface area contributed by atoms with Crippen LogP contribution in [0.1, 0.15) is 5.56 Å². The van der Waals surface area contributed by atoms with Crippen LogP contribution >= 0.6 is 23.2 Å². The Morgan fingerprint density at radius 3 is 2.57 bits per heavy atom. The Hall–Kier alpha value is -0.930. The topological polar surface area (TPSA) is 46.3 Å². The minimum absolute atomic E-state index is 0.423. The summed E-state index contributed by atoms with van der Waals surface area (Å²) in [6.45, 7) is 0.423. The number of nitrogens with zero attached hydrogens (tertiary/aromatic N) is 1. The highest BCUT2D eigenvalue weighted by Crippen LogP contribution is 2.22. The van der Waals surface area contributed by atoms with Crippen molar-refractivity contribution in [1.82, 2.24) is 4.90 Å². The molecule has 0 aliphatic carbocycles. The predicted octanol–water partition coefficient (Wildman–Crippen LogP) is 2.50. The van der Waals surface area contributed by atoms with E-state index in [4.69, 9.17) is 28.9 Å². The number of urea groups is 1. The van der Waals surface area contributed by atoms with Crippen molar-refractivity contribution in [2.45, 2.75) is 6.54 Å². The van der Waals surface area contributed by atoms with Crippen LogP contribution in [0.25, 0.3) is 0 Å². The number of carbonyl (C=O) groups excluding carboxylic acids is 1. The summed E-state index contributed by atoms with van der Waals surface area (Å²) in [5, 5.41) is 0.971. The highest BCUT2D eigenvalue weighted by Gasteiger charge is 2.05. The van der Waals surface area contributed by atoms with E-state index in [1.54, 1.807) is 25.2 Å². The molecule has 0 saturated heterocycles. The molecule has 14 heavy (non-hydrogen) atoms. The smallest absolute Gasteiger partial charge is 0.314 e. The van der Waals surface area contributed by atoms with Gasteiger partial charge in [-0.2, -0.15) is 0 Å². The Balaban J connectivity index is 2.78. The number of benzene rings is 1. The number of carbonyl (C=O) groups is 1. The molecule has 0 unspecified atom stereocenters. The van der Waals surface area contributed by atoms with Gasteiger partial charge in [-0.25, -0.2) is 4.79 Å². The Kier molecular flexibility index (Phi) is 3.61. The molecule has 1 aromatic carbocycles. The number of nitrogens with two attached hydrogens (primary N) is 1. The fourth-order valence-corrected chi connectivity index (χ4v) is 1.31. The van der Waals surface area contributed by atoms with E-state index in [0.717, 1.165) is 5.56 Å². The molecule has 2 amide bonds. The fourth-order valence-electron chi connectivity index (χ4n) is 0.990. The van der Waals surface area contributed by atoms with Crippen molar-refractivity contribution in [1.29, 1.82) is 0 Å². The average molecular weight is 233 g/mol. The molecule has 1 aromatic rings. The molecule has 0 bridgehead atoms. The molecule has 0 spiro atoms. The summed E-state index contributed by atoms with van der Waals surface area (Å²) in [5.41, 5.74) is 5.97. The summed E-state index contributed by atoms with van der Waals surface area (Å²) in [6.07, 6.45) is 0. The molecule has 2 N–H and O–H groups in total. The maximum absolute atomic E-state index is 10.7. The lowest BCUT2D eigenvalue weighted by atomic mass is 10.2. The second-order valence-electron chi connectivity index (χ2n) is 2.94. The molecule has 0 fully saturated rings. The van der Waals surface area contributed by atoms with E-state index >= 15 is 0 Å². The Bertz CT molecular complexity index is 355. The summed E-state index contributed by atoms with van der Waals surface area (Å²) in [6, 6.07) is 4.72. The number of amides is 2. The van der Waals surface area contributed by atoms with E-state index in [-0.39, 0.29) is 0 Å². The molecule has 1 rings (SSSR count). The van der Waals surface area contributed by atoms with Crippen LogP contribution in [-0.2, 0) is 6.54 Å². The molecule has 0 aromatic heterocycles. The van der Waals surface area contributed by atoms with Crippen LogP contribution in [0.3, 0.4) is 0 Å². The van der Waals surface area contributed by atoms with E-state index < -0.39 is 6.03 Å². The zero-order valence-electron chi connectivity index (χ0n) is 7.63. The molecule has 0 saturated carbocycles. The van der Waals surface area contributed by atoms with Crippen molar-refractivity contribution in [2.24, 2.45) is 5.73 Å². The van der Waals surface area contributed by atoms with Crippen molar-refractivity contribution in [3.05, 3.63) is 33.8 Å². The van der Waals surface area contributed by atoms with E-state index in [1.165, 1.54) is 4.90 Å². The van der Waals surface area contributed by atoms with Crippen molar-refractivity contribution in [3.8, 4) is 0 Å². The molecular weight excluding hydrogens is 223 g/mol. The van der Waals surface area contributed by atoms with Gasteiger partial charge in [0, 0.05) is 13.6 Å². The molecule has 0 radical (unpaired) electrons. The SMILES string of the molecule is CN(Cc1ccc(Cl)c(Cl)c1)C(N)=O. The van der Waals surface area contributed by atoms with Gasteiger partial charge >= 0.3 is 6.03 Å². The van der Waals surface area contributed by atoms with Gasteiger partial charge in [0.15, 0.2) is 0 Å². The molecule has 3 nitrogen and oxygen atoms in total. The molecule has 76 valence electrons. The van der Waals surface area contributed by atoms with Gasteiger partial charge in [-0.3, -0.25) is 0 Å². The van der Waals surface area contributed by atoms with Crippen LogP contribution in [0, 0.1) is 0 Å². The lowest BCUT2D eigenvalue weighted by Gasteiger charge is -2.14. The van der Waals surface area contributed by atoms with Crippen molar-refractivity contribution in [2.75, 3.05) is 7.05 Å². The molecule has 0 atom stereocenters. The summed E-state index contributed by atoms with van der Waals surface area (Å²) in [4.78, 5) is 12.1. The maximum atomic E-state index is 10.7. The van der Waals surface area contributed by atoms with Crippen molar-refractivity contribution in [3.63, 3.8) is 0 Å². The van der Waals surface area contributed by atoms with Crippen molar-refractivity contribution < 1.29 is 4.79 Å². The Morgan fingerprint density at radius 2 is 2.07 bits per heavy atom. The van der Waals surface area contributed by atoms with Crippen LogP contribution in [0.15, 0.2) is 18.2 Å². The number of halogens is 2. The first-order valence-electron chi connectivity index (χ1n) is 3.95. The van der Waals surface area contributed by atoms with Gasteiger partial charge < -0.3 is 10.6 Å². The van der Waals surface area contributed by atoms with Gasteiger partial charge in [-0.15, -0.1) is 0 Å². The minimum Gasteiger partial charge on any atom is -0.351 e. The first-order valence-corrected chi connectivity index (χ1v) is 4.71. The van der Waals surface area contributed by atoms with E-state index in [1.807, 2.05) is 0 Å². The number of primary amides is 1. The standard InChI is InChI=1S/C9H10Cl2N2O/c1-13(9(12)14)5-6-2-3-7(10)8(11)4-6/h2-4H,5H2,1H3,(H2,12,14). The summed E-state index contributed by atoms with van der Waals surface area (Å²) >= 11 is 11.6. The highest BCUT2D eigenvalue weighted by atomic mass is 35.5. The van der Waals surface area contributed by atoms with Gasteiger partial charge in [0.05, 0.1) is 10.0 Å². The van der Waals surface area contributed by atoms with Crippen molar-refractivity contribution >= 4 is 29.2 Å². The van der Waals surface area contributed by atoms with E-state index in [9.17, 15) is 4.79 Å². The number of rotatable bonds is 2. The van der Waals surface area contributed by atoms with Crippen LogP contribution in [0.4, 0.5) is 4.79 Å². The minimum atomic E-state index is -0.476. The highest BCUT2D eigenvalue weighted by molar-refractivity contribution is 6.42. The predicted molar refractivity (Wildman–Crippen MR) is 57.5 cm³/mol. The largest absolute Gasteiger partial charge is 0.351 e. The van der Waals surface area contributed by atoms with Crippen LogP contribution in [0.2, 0.25) is 10.0 Å². The molecule has 0 heterocycles. The van der Waals surface area contributed by atoms with Crippen LogP contribution in [0.5, 0.6) is 0 Å². The van der Waals surface area contributed by atoms with Gasteiger partial charge in [-0.05, 0) is 17.7 Å². The first-order chi connectivity index (χ1) is 6.50. The first kappa shape index (κ1) is 11.1. The average Bonchev–Trinajstić information content (AvgIpc) is 2.11. The van der Waals surface area contributed by atoms with E-state index in [0.29, 0.717) is 16.6 Å². The Morgan fingerprint density at radius 1 is 1.43 bits per heavy atom. The van der Waals surface area contributed by atoms with Crippen LogP contribution in [-0.4, -0.2) is 18.0 Å². The molecule has 5 heteroatoms. The molecule has 0 aliphatic heterocycles. The summed E-state index contributed by atoms with van der Waals surface area (Å²) in [7, 11) is 1.62. The second kappa shape index (κ2) is 4.53. The van der Waals surface area contributed by atoms with Gasteiger partial charge in [-0.1, -0.05) is 29.3 Å². The quantitative estimate of drug-likeness (QED) is 0.837. The number of hydrogen-bond donors (Lipinski definition) is 1. The zero-order chi connectivity index (χ0) is 10.7. The molecule has 0 aliphatic rings. The molecular formula is C9H10Cl2N2O. The summed E-state index contributed by atoms with van der Waals surface area (Å²) in [5.74, 6) is 0. The third-order valence-corrected chi connectivity index (χ3v) is 2.52. The monoisotopic (exact) mass is 232 g/mol. The summed E-state index contributed by atoms with van der Waals surface area (Å²) < 4.78 is 0. The number of hydrogen-bond acceptors (Lipinski definition) is 1. The normalized spacial score (nSPS) is 9.93. The van der Waals surface area contributed by atoms with Gasteiger partial charge in [0.2, 0.25) is 0 Å². The third-order valence-electron chi connectivity index (χ3n) is 1.78. The van der Waals surface area contributed by atoms with Crippen LogP contribution < -0.4 is 5.73 Å². The third kappa shape index (κ3) is 2.79. The second-order valence-corrected chi connectivity index (χ2v) is 3.76.